The van der Waals surface area contributed by atoms with Crippen molar-refractivity contribution in [1.29, 1.82) is 0 Å². The van der Waals surface area contributed by atoms with Gasteiger partial charge in [0.2, 0.25) is 5.91 Å². The number of aromatic nitrogens is 2. The van der Waals surface area contributed by atoms with Crippen molar-refractivity contribution in [1.82, 2.24) is 20.4 Å². The molecule has 7 heteroatoms. The van der Waals surface area contributed by atoms with Gasteiger partial charge in [-0.3, -0.25) is 14.3 Å². The number of rotatable bonds is 7. The Bertz CT molecular complexity index is 628. The summed E-state index contributed by atoms with van der Waals surface area (Å²) in [4.78, 5) is 23.3. The van der Waals surface area contributed by atoms with Crippen LogP contribution in [0.15, 0.2) is 42.7 Å². The molecule has 0 aliphatic carbocycles. The molecular weight excluding hydrogens is 287 g/mol. The van der Waals surface area contributed by atoms with Gasteiger partial charge >= 0.3 is 0 Å². The van der Waals surface area contributed by atoms with Gasteiger partial charge in [0.25, 0.3) is 5.91 Å². The van der Waals surface area contributed by atoms with E-state index in [4.69, 9.17) is 0 Å². The van der Waals surface area contributed by atoms with Gasteiger partial charge in [0, 0.05) is 25.5 Å². The lowest BCUT2D eigenvalue weighted by molar-refractivity contribution is -0.120. The Kier molecular flexibility index (Phi) is 5.65. The fourth-order valence-electron chi connectivity index (χ4n) is 1.87. The number of nitrogens with zero attached hydrogens (tertiary/aromatic N) is 2. The summed E-state index contributed by atoms with van der Waals surface area (Å²) in [5, 5.41) is 9.11. The maximum atomic E-state index is 13.4. The molecule has 0 radical (unpaired) electrons. The Labute approximate surface area is 127 Å². The largest absolute Gasteiger partial charge is 0.355 e. The summed E-state index contributed by atoms with van der Waals surface area (Å²) in [6.45, 7) is 0.998. The molecule has 0 saturated carbocycles. The molecule has 0 unspecified atom stereocenters. The number of halogens is 1. The Morgan fingerprint density at radius 2 is 2.00 bits per heavy atom. The first-order valence-corrected chi connectivity index (χ1v) is 6.93. The maximum absolute atomic E-state index is 13.4. The summed E-state index contributed by atoms with van der Waals surface area (Å²) < 4.78 is 15.1. The Balaban J connectivity index is 1.65. The minimum absolute atomic E-state index is 0.0750. The van der Waals surface area contributed by atoms with Crippen molar-refractivity contribution in [3.8, 4) is 0 Å². The Hall–Kier alpha value is -2.70. The molecule has 0 saturated heterocycles. The summed E-state index contributed by atoms with van der Waals surface area (Å²) in [5.41, 5.74) is -0.0750. The van der Waals surface area contributed by atoms with Crippen molar-refractivity contribution in [3.63, 3.8) is 0 Å². The highest BCUT2D eigenvalue weighted by Crippen LogP contribution is 2.05. The maximum Gasteiger partial charge on any atom is 0.254 e. The third-order valence-electron chi connectivity index (χ3n) is 2.97. The molecule has 0 aliphatic rings. The number of carbonyl (C=O) groups is 2. The van der Waals surface area contributed by atoms with Crippen LogP contribution in [0.5, 0.6) is 0 Å². The lowest BCUT2D eigenvalue weighted by Gasteiger charge is -2.07. The smallest absolute Gasteiger partial charge is 0.254 e. The van der Waals surface area contributed by atoms with E-state index >= 15 is 0 Å². The van der Waals surface area contributed by atoms with Gasteiger partial charge in [-0.2, -0.15) is 5.10 Å². The van der Waals surface area contributed by atoms with Crippen LogP contribution in [0, 0.1) is 5.82 Å². The second kappa shape index (κ2) is 7.92. The molecule has 0 atom stereocenters. The van der Waals surface area contributed by atoms with E-state index in [2.05, 4.69) is 15.7 Å². The van der Waals surface area contributed by atoms with Gasteiger partial charge in [-0.25, -0.2) is 4.39 Å². The highest BCUT2D eigenvalue weighted by atomic mass is 19.1. The predicted molar refractivity (Wildman–Crippen MR) is 78.6 cm³/mol. The van der Waals surface area contributed by atoms with Crippen molar-refractivity contribution in [2.24, 2.45) is 0 Å². The molecule has 2 rings (SSSR count). The van der Waals surface area contributed by atoms with E-state index in [-0.39, 0.29) is 18.0 Å². The second-order valence-corrected chi connectivity index (χ2v) is 4.64. The first-order chi connectivity index (χ1) is 10.7. The zero-order chi connectivity index (χ0) is 15.8. The van der Waals surface area contributed by atoms with Crippen LogP contribution in [-0.4, -0.2) is 34.7 Å². The van der Waals surface area contributed by atoms with E-state index in [0.29, 0.717) is 13.1 Å². The summed E-state index contributed by atoms with van der Waals surface area (Å²) in [6, 6.07) is 7.46. The molecule has 0 spiro atoms. The third kappa shape index (κ3) is 4.69. The molecular formula is C15H17FN4O2. The number of benzene rings is 1. The molecule has 1 aromatic heterocycles. The fraction of sp³-hybridized carbons (Fsp3) is 0.267. The SMILES string of the molecule is O=C(CNC(=O)c1ccccc1F)NCCCn1cccn1. The number of nitrogens with one attached hydrogen (secondary N) is 2. The molecule has 0 bridgehead atoms. The standard InChI is InChI=1S/C15H17FN4O2/c16-13-6-2-1-5-12(13)15(22)18-11-14(21)17-7-3-9-20-10-4-8-19-20/h1-2,4-6,8,10H,3,7,9,11H2,(H,17,21)(H,18,22). The number of aryl methyl sites for hydroxylation is 1. The number of hydrogen-bond acceptors (Lipinski definition) is 3. The molecule has 0 fully saturated rings. The van der Waals surface area contributed by atoms with E-state index < -0.39 is 11.7 Å². The van der Waals surface area contributed by atoms with E-state index in [1.54, 1.807) is 16.9 Å². The molecule has 116 valence electrons. The van der Waals surface area contributed by atoms with Crippen LogP contribution >= 0.6 is 0 Å². The normalized spacial score (nSPS) is 10.2. The molecule has 6 nitrogen and oxygen atoms in total. The van der Waals surface area contributed by atoms with Crippen LogP contribution < -0.4 is 10.6 Å². The summed E-state index contributed by atoms with van der Waals surface area (Å²) in [6.07, 6.45) is 4.27. The van der Waals surface area contributed by atoms with Crippen molar-refractivity contribution in [3.05, 3.63) is 54.1 Å². The van der Waals surface area contributed by atoms with Crippen molar-refractivity contribution >= 4 is 11.8 Å². The van der Waals surface area contributed by atoms with Gasteiger partial charge < -0.3 is 10.6 Å². The monoisotopic (exact) mass is 304 g/mol. The molecule has 0 aliphatic heterocycles. The van der Waals surface area contributed by atoms with Gasteiger partial charge in [0.05, 0.1) is 12.1 Å². The van der Waals surface area contributed by atoms with Gasteiger partial charge in [-0.15, -0.1) is 0 Å². The third-order valence-corrected chi connectivity index (χ3v) is 2.97. The molecule has 1 aromatic carbocycles. The van der Waals surface area contributed by atoms with Gasteiger partial charge in [-0.05, 0) is 24.6 Å². The van der Waals surface area contributed by atoms with Gasteiger partial charge in [-0.1, -0.05) is 12.1 Å². The Morgan fingerprint density at radius 1 is 1.18 bits per heavy atom. The second-order valence-electron chi connectivity index (χ2n) is 4.64. The number of hydrogen-bond donors (Lipinski definition) is 2. The van der Waals surface area contributed by atoms with Crippen LogP contribution in [0.1, 0.15) is 16.8 Å². The van der Waals surface area contributed by atoms with Gasteiger partial charge in [0.15, 0.2) is 0 Å². The molecule has 2 N–H and O–H groups in total. The highest BCUT2D eigenvalue weighted by Gasteiger charge is 2.11. The molecule has 2 aromatic rings. The Morgan fingerprint density at radius 3 is 2.73 bits per heavy atom. The van der Waals surface area contributed by atoms with E-state index in [9.17, 15) is 14.0 Å². The number of carbonyl (C=O) groups excluding carboxylic acids is 2. The summed E-state index contributed by atoms with van der Waals surface area (Å²) in [5.74, 6) is -1.53. The molecule has 2 amide bonds. The number of amides is 2. The minimum Gasteiger partial charge on any atom is -0.355 e. The molecule has 1 heterocycles. The lowest BCUT2D eigenvalue weighted by atomic mass is 10.2. The van der Waals surface area contributed by atoms with Crippen molar-refractivity contribution in [2.75, 3.05) is 13.1 Å². The fourth-order valence-corrected chi connectivity index (χ4v) is 1.87. The van der Waals surface area contributed by atoms with Crippen molar-refractivity contribution < 1.29 is 14.0 Å². The quantitative estimate of drug-likeness (QED) is 0.748. The van der Waals surface area contributed by atoms with E-state index in [1.807, 2.05) is 12.3 Å². The first kappa shape index (κ1) is 15.7. The van der Waals surface area contributed by atoms with Gasteiger partial charge in [0.1, 0.15) is 5.82 Å². The topological polar surface area (TPSA) is 76.0 Å². The highest BCUT2D eigenvalue weighted by molar-refractivity contribution is 5.96. The zero-order valence-electron chi connectivity index (χ0n) is 12.0. The van der Waals surface area contributed by atoms with Crippen LogP contribution in [0.2, 0.25) is 0 Å². The van der Waals surface area contributed by atoms with Crippen LogP contribution in [0.25, 0.3) is 0 Å². The predicted octanol–water partition coefficient (Wildman–Crippen LogP) is 0.958. The van der Waals surface area contributed by atoms with Crippen LogP contribution in [0.4, 0.5) is 4.39 Å². The lowest BCUT2D eigenvalue weighted by Crippen LogP contribution is -2.37. The summed E-state index contributed by atoms with van der Waals surface area (Å²) in [7, 11) is 0. The molecule has 22 heavy (non-hydrogen) atoms. The van der Waals surface area contributed by atoms with E-state index in [1.165, 1.54) is 18.2 Å². The van der Waals surface area contributed by atoms with Crippen LogP contribution in [0.3, 0.4) is 0 Å². The van der Waals surface area contributed by atoms with E-state index in [0.717, 1.165) is 6.42 Å². The average Bonchev–Trinajstić information content (AvgIpc) is 3.03. The average molecular weight is 304 g/mol. The minimum atomic E-state index is -0.611. The van der Waals surface area contributed by atoms with Crippen molar-refractivity contribution in [2.45, 2.75) is 13.0 Å². The summed E-state index contributed by atoms with van der Waals surface area (Å²) >= 11 is 0. The first-order valence-electron chi connectivity index (χ1n) is 6.93. The zero-order valence-corrected chi connectivity index (χ0v) is 12.0. The van der Waals surface area contributed by atoms with Crippen LogP contribution in [-0.2, 0) is 11.3 Å².